The zero-order chi connectivity index (χ0) is 13.3. The van der Waals surface area contributed by atoms with Crippen molar-refractivity contribution in [2.24, 2.45) is 11.8 Å². The fraction of sp³-hybridized carbons (Fsp3) is 0.357. The number of nitrogens with two attached hydrogens (primary N) is 1. The van der Waals surface area contributed by atoms with Gasteiger partial charge < -0.3 is 5.43 Å². The molecule has 0 aliphatic carbocycles. The van der Waals surface area contributed by atoms with Gasteiger partial charge in [-0.2, -0.15) is 0 Å². The third-order valence-electron chi connectivity index (χ3n) is 2.99. The van der Waals surface area contributed by atoms with Gasteiger partial charge in [0.15, 0.2) is 0 Å². The molecular weight excluding hydrogens is 290 g/mol. The minimum atomic E-state index is 0.577. The highest BCUT2D eigenvalue weighted by molar-refractivity contribution is 9.10. The summed E-state index contributed by atoms with van der Waals surface area (Å²) >= 11 is 3.55. The number of halogens is 1. The fourth-order valence-corrected chi connectivity index (χ4v) is 2.42. The van der Waals surface area contributed by atoms with Gasteiger partial charge in [0.2, 0.25) is 0 Å². The highest BCUT2D eigenvalue weighted by Gasteiger charge is 2.10. The second-order valence-corrected chi connectivity index (χ2v) is 5.83. The average molecular weight is 308 g/mol. The van der Waals surface area contributed by atoms with Gasteiger partial charge in [-0.1, -0.05) is 29.8 Å². The molecule has 0 atom stereocenters. The number of nitrogen functional groups attached to an aromatic ring is 1. The summed E-state index contributed by atoms with van der Waals surface area (Å²) in [6.45, 7) is 6.45. The Balaban J connectivity index is 2.68. The van der Waals surface area contributed by atoms with Gasteiger partial charge in [0.1, 0.15) is 0 Å². The number of hydrazine groups is 1. The molecule has 0 unspecified atom stereocenters. The Kier molecular flexibility index (Phi) is 3.88. The van der Waals surface area contributed by atoms with Crippen molar-refractivity contribution in [2.75, 3.05) is 5.43 Å². The van der Waals surface area contributed by atoms with Gasteiger partial charge in [0, 0.05) is 15.6 Å². The summed E-state index contributed by atoms with van der Waals surface area (Å²) in [5.74, 6) is 6.19. The molecule has 1 aromatic carbocycles. The Hall–Kier alpha value is -1.13. The monoisotopic (exact) mass is 307 g/mol. The summed E-state index contributed by atoms with van der Waals surface area (Å²) < 4.78 is 1.08. The number of aryl methyl sites for hydroxylation is 1. The number of benzene rings is 1. The summed E-state index contributed by atoms with van der Waals surface area (Å²) in [6, 6.07) is 6.10. The van der Waals surface area contributed by atoms with E-state index in [0.717, 1.165) is 38.7 Å². The van der Waals surface area contributed by atoms with Crippen molar-refractivity contribution < 1.29 is 0 Å². The fourth-order valence-electron chi connectivity index (χ4n) is 2.10. The van der Waals surface area contributed by atoms with E-state index in [0.29, 0.717) is 5.92 Å². The van der Waals surface area contributed by atoms with Crippen molar-refractivity contribution in [3.63, 3.8) is 0 Å². The lowest BCUT2D eigenvalue weighted by atomic mass is 10.0. The van der Waals surface area contributed by atoms with Crippen molar-refractivity contribution in [1.29, 1.82) is 0 Å². The molecule has 0 saturated heterocycles. The van der Waals surface area contributed by atoms with Gasteiger partial charge in [0.05, 0.1) is 11.2 Å². The Morgan fingerprint density at radius 1 is 1.39 bits per heavy atom. The second kappa shape index (κ2) is 5.24. The Labute approximate surface area is 116 Å². The van der Waals surface area contributed by atoms with Crippen LogP contribution in [0, 0.1) is 12.8 Å². The average Bonchev–Trinajstić information content (AvgIpc) is 2.32. The van der Waals surface area contributed by atoms with E-state index in [1.54, 1.807) is 0 Å². The minimum Gasteiger partial charge on any atom is -0.323 e. The number of aromatic nitrogens is 1. The number of hydrogen-bond donors (Lipinski definition) is 2. The number of fused-ring (bicyclic) bond motifs is 1. The second-order valence-electron chi connectivity index (χ2n) is 4.97. The Morgan fingerprint density at radius 2 is 2.11 bits per heavy atom. The highest BCUT2D eigenvalue weighted by atomic mass is 79.9. The number of anilines is 1. The molecule has 18 heavy (non-hydrogen) atoms. The first-order valence-corrected chi connectivity index (χ1v) is 6.87. The maximum Gasteiger partial charge on any atom is 0.0766 e. The molecule has 0 spiro atoms. The van der Waals surface area contributed by atoms with Gasteiger partial charge in [-0.3, -0.25) is 10.8 Å². The van der Waals surface area contributed by atoms with Crippen LogP contribution in [-0.2, 0) is 6.42 Å². The lowest BCUT2D eigenvalue weighted by molar-refractivity contribution is 0.637. The molecule has 4 heteroatoms. The largest absolute Gasteiger partial charge is 0.323 e. The molecular formula is C14H18BrN3. The van der Waals surface area contributed by atoms with Crippen LogP contribution >= 0.6 is 15.9 Å². The van der Waals surface area contributed by atoms with Gasteiger partial charge in [-0.05, 0) is 43.0 Å². The van der Waals surface area contributed by atoms with Crippen LogP contribution in [0.1, 0.15) is 25.1 Å². The highest BCUT2D eigenvalue weighted by Crippen LogP contribution is 2.30. The van der Waals surface area contributed by atoms with Crippen LogP contribution in [0.3, 0.4) is 0 Å². The molecule has 1 aromatic heterocycles. The summed E-state index contributed by atoms with van der Waals surface area (Å²) in [6.07, 6.45) is 0.955. The van der Waals surface area contributed by atoms with E-state index in [9.17, 15) is 0 Å². The van der Waals surface area contributed by atoms with Crippen LogP contribution in [0.25, 0.3) is 10.9 Å². The van der Waals surface area contributed by atoms with Gasteiger partial charge >= 0.3 is 0 Å². The summed E-state index contributed by atoms with van der Waals surface area (Å²) in [4.78, 5) is 4.76. The predicted octanol–water partition coefficient (Wildman–Crippen LogP) is 3.79. The minimum absolute atomic E-state index is 0.577. The summed E-state index contributed by atoms with van der Waals surface area (Å²) in [5.41, 5.74) is 6.94. The van der Waals surface area contributed by atoms with Crippen LogP contribution in [-0.4, -0.2) is 4.98 Å². The van der Waals surface area contributed by atoms with Crippen LogP contribution in [0.2, 0.25) is 0 Å². The molecule has 2 aromatic rings. The van der Waals surface area contributed by atoms with E-state index < -0.39 is 0 Å². The molecule has 0 fully saturated rings. The van der Waals surface area contributed by atoms with E-state index in [-0.39, 0.29) is 0 Å². The first-order chi connectivity index (χ1) is 8.52. The van der Waals surface area contributed by atoms with Crippen LogP contribution in [0.15, 0.2) is 22.7 Å². The van der Waals surface area contributed by atoms with Crippen LogP contribution in [0.4, 0.5) is 5.69 Å². The molecule has 96 valence electrons. The smallest absolute Gasteiger partial charge is 0.0766 e. The number of hydrogen-bond acceptors (Lipinski definition) is 3. The molecule has 1 heterocycles. The SMILES string of the molecule is Cc1c(Br)ccc2c(NN)cc(CC(C)C)nc12. The number of nitrogens with one attached hydrogen (secondary N) is 1. The normalized spacial score (nSPS) is 11.2. The number of nitrogens with zero attached hydrogens (tertiary/aromatic N) is 1. The molecule has 3 N–H and O–H groups in total. The van der Waals surface area contributed by atoms with E-state index in [2.05, 4.69) is 42.1 Å². The van der Waals surface area contributed by atoms with Crippen molar-refractivity contribution in [2.45, 2.75) is 27.2 Å². The van der Waals surface area contributed by atoms with Crippen molar-refractivity contribution >= 4 is 32.5 Å². The lowest BCUT2D eigenvalue weighted by Crippen LogP contribution is -2.09. The van der Waals surface area contributed by atoms with Crippen LogP contribution < -0.4 is 11.3 Å². The molecule has 0 saturated carbocycles. The zero-order valence-corrected chi connectivity index (χ0v) is 12.5. The van der Waals surface area contributed by atoms with Crippen molar-refractivity contribution in [3.8, 4) is 0 Å². The van der Waals surface area contributed by atoms with Crippen molar-refractivity contribution in [1.82, 2.24) is 4.98 Å². The van der Waals surface area contributed by atoms with Crippen molar-refractivity contribution in [3.05, 3.63) is 33.9 Å². The number of rotatable bonds is 3. The topological polar surface area (TPSA) is 50.9 Å². The molecule has 2 rings (SSSR count). The molecule has 3 nitrogen and oxygen atoms in total. The molecule has 0 aliphatic heterocycles. The maximum atomic E-state index is 5.61. The first-order valence-electron chi connectivity index (χ1n) is 6.08. The Bertz CT molecular complexity index is 579. The molecule has 0 aliphatic rings. The lowest BCUT2D eigenvalue weighted by Gasteiger charge is -2.12. The summed E-state index contributed by atoms with van der Waals surface area (Å²) in [5, 5.41) is 1.06. The first kappa shape index (κ1) is 13.3. The zero-order valence-electron chi connectivity index (χ0n) is 10.9. The van der Waals surface area contributed by atoms with Gasteiger partial charge in [-0.25, -0.2) is 0 Å². The van der Waals surface area contributed by atoms with Gasteiger partial charge in [-0.15, -0.1) is 0 Å². The quantitative estimate of drug-likeness (QED) is 0.670. The molecule has 0 amide bonds. The third kappa shape index (κ3) is 2.49. The van der Waals surface area contributed by atoms with E-state index in [4.69, 9.17) is 10.8 Å². The van der Waals surface area contributed by atoms with E-state index in [1.807, 2.05) is 18.2 Å². The summed E-state index contributed by atoms with van der Waals surface area (Å²) in [7, 11) is 0. The van der Waals surface area contributed by atoms with E-state index in [1.165, 1.54) is 0 Å². The van der Waals surface area contributed by atoms with E-state index >= 15 is 0 Å². The third-order valence-corrected chi connectivity index (χ3v) is 3.85. The molecule has 0 radical (unpaired) electrons. The molecule has 0 bridgehead atoms. The van der Waals surface area contributed by atoms with Crippen LogP contribution in [0.5, 0.6) is 0 Å². The predicted molar refractivity (Wildman–Crippen MR) is 80.5 cm³/mol. The Morgan fingerprint density at radius 3 is 2.72 bits per heavy atom. The van der Waals surface area contributed by atoms with Gasteiger partial charge in [0.25, 0.3) is 0 Å². The number of pyridine rings is 1. The maximum absolute atomic E-state index is 5.61. The standard InChI is InChI=1S/C14H18BrN3/c1-8(2)6-10-7-13(18-16)11-4-5-12(15)9(3)14(11)17-10/h4-5,7-8H,6,16H2,1-3H3,(H,17,18).